The summed E-state index contributed by atoms with van der Waals surface area (Å²) in [7, 11) is 0. The Morgan fingerprint density at radius 2 is 1.52 bits per heavy atom. The van der Waals surface area contributed by atoms with Crippen molar-refractivity contribution in [3.8, 4) is 17.2 Å². The van der Waals surface area contributed by atoms with Crippen LogP contribution in [0.3, 0.4) is 0 Å². The summed E-state index contributed by atoms with van der Waals surface area (Å²) < 4.78 is 67.7. The van der Waals surface area contributed by atoms with Crippen molar-refractivity contribution in [3.63, 3.8) is 0 Å². The lowest BCUT2D eigenvalue weighted by atomic mass is 10.0. The smallest absolute Gasteiger partial charge is 0.313 e. The van der Waals surface area contributed by atoms with Crippen LogP contribution in [0.25, 0.3) is 0 Å². The van der Waals surface area contributed by atoms with E-state index in [2.05, 4.69) is 10.1 Å². The number of carbonyl (C=O) groups excluding carboxylic acids is 4. The zero-order chi connectivity index (χ0) is 29.4. The molecule has 4 rings (SSSR count). The van der Waals surface area contributed by atoms with Crippen molar-refractivity contribution in [2.75, 3.05) is 11.9 Å². The Kier molecular flexibility index (Phi) is 9.27. The number of carbonyl (C=O) groups is 4. The molecule has 1 aliphatic heterocycles. The van der Waals surface area contributed by atoms with Crippen LogP contribution in [0.4, 0.5) is 23.2 Å². The molecule has 14 heteroatoms. The molecule has 0 saturated carbocycles. The Morgan fingerprint density at radius 3 is 2.08 bits per heavy atom. The third kappa shape index (κ3) is 7.24. The number of primary amides is 2. The maximum Gasteiger partial charge on any atom is 0.313 e. The minimum atomic E-state index is -1.92. The van der Waals surface area contributed by atoms with Gasteiger partial charge in [-0.15, -0.1) is 0 Å². The molecule has 3 amide bonds. The zero-order valence-corrected chi connectivity index (χ0v) is 20.4. The Labute approximate surface area is 223 Å². The molecule has 40 heavy (non-hydrogen) atoms. The molecule has 1 heterocycles. The SMILES string of the molecule is NC(=O)C(=O)Nc1cccc(Oc2ccccc2)c1.NC(=O)C1(COc2c(F)c(F)cc(F)c2F)CCC(=O)O1. The molecule has 5 N–H and O–H groups in total. The van der Waals surface area contributed by atoms with Gasteiger partial charge in [-0.3, -0.25) is 19.2 Å². The van der Waals surface area contributed by atoms with Gasteiger partial charge < -0.3 is 31.0 Å². The molecule has 0 aromatic heterocycles. The van der Waals surface area contributed by atoms with Crippen molar-refractivity contribution >= 4 is 29.4 Å². The van der Waals surface area contributed by atoms with Gasteiger partial charge in [-0.2, -0.15) is 8.78 Å². The monoisotopic (exact) mass is 563 g/mol. The highest BCUT2D eigenvalue weighted by Crippen LogP contribution is 2.31. The second-order valence-corrected chi connectivity index (χ2v) is 8.18. The molecule has 1 fully saturated rings. The van der Waals surface area contributed by atoms with Gasteiger partial charge in [-0.25, -0.2) is 8.78 Å². The number of cyclic esters (lactones) is 1. The molecule has 0 spiro atoms. The summed E-state index contributed by atoms with van der Waals surface area (Å²) in [6.07, 6.45) is -0.309. The molecule has 1 atom stereocenters. The van der Waals surface area contributed by atoms with Gasteiger partial charge in [0, 0.05) is 24.2 Å². The lowest BCUT2D eigenvalue weighted by Crippen LogP contribution is -2.48. The van der Waals surface area contributed by atoms with Crippen LogP contribution < -0.4 is 26.3 Å². The number of halogens is 4. The molecule has 0 bridgehead atoms. The normalized spacial score (nSPS) is 15.8. The van der Waals surface area contributed by atoms with E-state index in [0.29, 0.717) is 17.2 Å². The van der Waals surface area contributed by atoms with Crippen LogP contribution in [0.15, 0.2) is 60.7 Å². The molecule has 210 valence electrons. The van der Waals surface area contributed by atoms with Crippen molar-refractivity contribution in [3.05, 3.63) is 83.9 Å². The van der Waals surface area contributed by atoms with E-state index in [1.54, 1.807) is 24.3 Å². The summed E-state index contributed by atoms with van der Waals surface area (Å²) in [6, 6.07) is 15.9. The number of nitrogens with two attached hydrogens (primary N) is 2. The van der Waals surface area contributed by atoms with Gasteiger partial charge in [0.2, 0.25) is 17.2 Å². The largest absolute Gasteiger partial charge is 0.483 e. The van der Waals surface area contributed by atoms with E-state index in [1.165, 1.54) is 0 Å². The minimum Gasteiger partial charge on any atom is -0.483 e. The van der Waals surface area contributed by atoms with Gasteiger partial charge in [0.05, 0.1) is 6.42 Å². The van der Waals surface area contributed by atoms with E-state index in [0.717, 1.165) is 0 Å². The first-order valence-electron chi connectivity index (χ1n) is 11.3. The van der Waals surface area contributed by atoms with E-state index in [4.69, 9.17) is 20.9 Å². The zero-order valence-electron chi connectivity index (χ0n) is 20.4. The predicted octanol–water partition coefficient (Wildman–Crippen LogP) is 3.09. The molecule has 1 aliphatic rings. The van der Waals surface area contributed by atoms with Crippen LogP contribution >= 0.6 is 0 Å². The average Bonchev–Trinajstić information content (AvgIpc) is 3.30. The molecular weight excluding hydrogens is 542 g/mol. The number of hydrogen-bond donors (Lipinski definition) is 3. The van der Waals surface area contributed by atoms with Crippen molar-refractivity contribution in [2.24, 2.45) is 11.5 Å². The topological polar surface area (TPSA) is 160 Å². The maximum absolute atomic E-state index is 13.4. The molecular formula is C26H21F4N3O7. The van der Waals surface area contributed by atoms with Crippen LogP contribution in [0.5, 0.6) is 17.2 Å². The van der Waals surface area contributed by atoms with Gasteiger partial charge in [-0.1, -0.05) is 24.3 Å². The van der Waals surface area contributed by atoms with Gasteiger partial charge >= 0.3 is 17.8 Å². The Bertz CT molecular complexity index is 1410. The second-order valence-electron chi connectivity index (χ2n) is 8.18. The third-order valence-corrected chi connectivity index (χ3v) is 5.31. The molecule has 3 aromatic rings. The van der Waals surface area contributed by atoms with Gasteiger partial charge in [0.15, 0.2) is 17.4 Å². The standard InChI is InChI=1S/C14H12N2O3.C12H9F4NO4/c15-13(17)14(18)16-10-5-4-8-12(9-10)19-11-6-2-1-3-7-11;13-5-3-6(14)9(16)10(8(5)15)20-4-12(11(17)19)2-1-7(18)21-12/h1-9H,(H2,15,17)(H,16,18);3H,1-2,4H2,(H2,17,19). The number of esters is 1. The highest BCUT2D eigenvalue weighted by atomic mass is 19.2. The number of anilines is 1. The number of ether oxygens (including phenoxy) is 3. The number of hydrogen-bond acceptors (Lipinski definition) is 7. The van der Waals surface area contributed by atoms with E-state index < -0.39 is 64.9 Å². The quantitative estimate of drug-likeness (QED) is 0.172. The summed E-state index contributed by atoms with van der Waals surface area (Å²) in [5.41, 5.74) is 8.45. The van der Waals surface area contributed by atoms with Gasteiger partial charge in [0.25, 0.3) is 5.91 Å². The van der Waals surface area contributed by atoms with E-state index in [1.807, 2.05) is 30.3 Å². The van der Waals surface area contributed by atoms with Crippen molar-refractivity contribution in [1.82, 2.24) is 0 Å². The van der Waals surface area contributed by atoms with Gasteiger partial charge in [-0.05, 0) is 24.3 Å². The Morgan fingerprint density at radius 1 is 0.900 bits per heavy atom. The van der Waals surface area contributed by atoms with Crippen molar-refractivity contribution in [2.45, 2.75) is 18.4 Å². The van der Waals surface area contributed by atoms with Crippen LogP contribution in [-0.2, 0) is 23.9 Å². The average molecular weight is 563 g/mol. The third-order valence-electron chi connectivity index (χ3n) is 5.31. The van der Waals surface area contributed by atoms with Crippen LogP contribution in [0, 0.1) is 23.3 Å². The fraction of sp³-hybridized carbons (Fsp3) is 0.154. The number of nitrogens with one attached hydrogen (secondary N) is 1. The van der Waals surface area contributed by atoms with Crippen LogP contribution in [-0.4, -0.2) is 35.9 Å². The highest BCUT2D eigenvalue weighted by molar-refractivity contribution is 6.39. The van der Waals surface area contributed by atoms with E-state index >= 15 is 0 Å². The highest BCUT2D eigenvalue weighted by Gasteiger charge is 2.47. The lowest BCUT2D eigenvalue weighted by Gasteiger charge is -2.24. The first-order valence-corrected chi connectivity index (χ1v) is 11.3. The molecule has 1 unspecified atom stereocenters. The number of benzene rings is 3. The van der Waals surface area contributed by atoms with Gasteiger partial charge in [0.1, 0.15) is 18.1 Å². The molecule has 10 nitrogen and oxygen atoms in total. The number of amides is 3. The summed E-state index contributed by atoms with van der Waals surface area (Å²) in [5.74, 6) is -10.7. The maximum atomic E-state index is 13.4. The Balaban J connectivity index is 0.000000222. The summed E-state index contributed by atoms with van der Waals surface area (Å²) in [6.45, 7) is -0.856. The fourth-order valence-electron chi connectivity index (χ4n) is 3.29. The fourth-order valence-corrected chi connectivity index (χ4v) is 3.29. The van der Waals surface area contributed by atoms with E-state index in [9.17, 15) is 36.7 Å². The summed E-state index contributed by atoms with van der Waals surface area (Å²) in [5, 5.41) is 2.37. The molecule has 3 aromatic carbocycles. The first kappa shape index (κ1) is 29.4. The number of para-hydroxylation sites is 1. The van der Waals surface area contributed by atoms with Crippen LogP contribution in [0.1, 0.15) is 12.8 Å². The predicted molar refractivity (Wildman–Crippen MR) is 130 cm³/mol. The molecule has 1 saturated heterocycles. The number of rotatable bonds is 7. The minimum absolute atomic E-state index is 0.0109. The Hall–Kier alpha value is -5.14. The van der Waals surface area contributed by atoms with Crippen molar-refractivity contribution in [1.29, 1.82) is 0 Å². The second kappa shape index (κ2) is 12.6. The van der Waals surface area contributed by atoms with Crippen molar-refractivity contribution < 1.29 is 51.0 Å². The summed E-state index contributed by atoms with van der Waals surface area (Å²) in [4.78, 5) is 44.2. The van der Waals surface area contributed by atoms with E-state index in [-0.39, 0.29) is 18.9 Å². The molecule has 0 radical (unpaired) electrons. The lowest BCUT2D eigenvalue weighted by molar-refractivity contribution is -0.159. The summed E-state index contributed by atoms with van der Waals surface area (Å²) >= 11 is 0. The van der Waals surface area contributed by atoms with Crippen LogP contribution in [0.2, 0.25) is 0 Å². The first-order chi connectivity index (χ1) is 18.9. The molecule has 0 aliphatic carbocycles.